The van der Waals surface area contributed by atoms with Crippen LogP contribution in [-0.4, -0.2) is 55.5 Å². The molecule has 4 rings (SSSR count). The van der Waals surface area contributed by atoms with Crippen LogP contribution in [0.4, 0.5) is 5.69 Å². The van der Waals surface area contributed by atoms with Crippen LogP contribution in [0.15, 0.2) is 59.5 Å². The van der Waals surface area contributed by atoms with Crippen LogP contribution in [0, 0.1) is 5.92 Å². The summed E-state index contributed by atoms with van der Waals surface area (Å²) in [5.41, 5.74) is 2.16. The van der Waals surface area contributed by atoms with Crippen LogP contribution in [0.2, 0.25) is 0 Å². The molecule has 1 amide bonds. The highest BCUT2D eigenvalue weighted by Crippen LogP contribution is 2.46. The topological polar surface area (TPSA) is 35.6 Å². The molecule has 0 bridgehead atoms. The third-order valence-electron chi connectivity index (χ3n) is 5.28. The van der Waals surface area contributed by atoms with Gasteiger partial charge in [-0.1, -0.05) is 42.5 Å². The Kier molecular flexibility index (Phi) is 6.82. The summed E-state index contributed by atoms with van der Waals surface area (Å²) in [6.07, 6.45) is 0. The molecule has 1 fully saturated rings. The molecule has 2 aromatic carbocycles. The van der Waals surface area contributed by atoms with Gasteiger partial charge in [-0.3, -0.25) is 9.69 Å². The Morgan fingerprint density at radius 3 is 2.41 bits per heavy atom. The minimum atomic E-state index is -0.0711. The lowest BCUT2D eigenvalue weighted by Gasteiger charge is -2.35. The molecular weight excluding hydrogens is 378 g/mol. The minimum Gasteiger partial charge on any atom is -0.325 e. The maximum Gasteiger partial charge on any atom is 0.230 e. The summed E-state index contributed by atoms with van der Waals surface area (Å²) < 4.78 is 0. The van der Waals surface area contributed by atoms with E-state index in [1.165, 1.54) is 5.56 Å². The number of nitrogens with zero attached hydrogens (tertiary/aromatic N) is 2. The number of likely N-dealkylation sites (N-methyl/N-ethyl adjacent to an activating group) is 1. The maximum atomic E-state index is 13.1. The van der Waals surface area contributed by atoms with Crippen molar-refractivity contribution in [1.82, 2.24) is 9.80 Å². The van der Waals surface area contributed by atoms with Gasteiger partial charge in [0, 0.05) is 42.9 Å². The SMILES string of the molecule is CN1CCN(CC2C(=O)Nc3ccccc3SC2c2ccccc2)CC1.Cl. The first-order valence-corrected chi connectivity index (χ1v) is 10.1. The van der Waals surface area contributed by atoms with E-state index >= 15 is 0 Å². The van der Waals surface area contributed by atoms with Crippen LogP contribution in [0.25, 0.3) is 0 Å². The zero-order chi connectivity index (χ0) is 17.9. The predicted octanol–water partition coefficient (Wildman–Crippen LogP) is 3.76. The second kappa shape index (κ2) is 9.11. The Morgan fingerprint density at radius 1 is 1.00 bits per heavy atom. The van der Waals surface area contributed by atoms with Gasteiger partial charge in [-0.2, -0.15) is 0 Å². The van der Waals surface area contributed by atoms with E-state index in [2.05, 4.69) is 52.5 Å². The molecule has 1 N–H and O–H groups in total. The first-order valence-electron chi connectivity index (χ1n) is 9.23. The monoisotopic (exact) mass is 403 g/mol. The van der Waals surface area contributed by atoms with Gasteiger partial charge in [0.05, 0.1) is 11.6 Å². The van der Waals surface area contributed by atoms with Gasteiger partial charge in [0.1, 0.15) is 0 Å². The van der Waals surface area contributed by atoms with E-state index in [1.54, 1.807) is 0 Å². The second-order valence-electron chi connectivity index (χ2n) is 7.14. The molecule has 6 heteroatoms. The Balaban J connectivity index is 0.00000210. The number of carbonyl (C=O) groups excluding carboxylic acids is 1. The quantitative estimate of drug-likeness (QED) is 0.846. The molecule has 0 radical (unpaired) electrons. The van der Waals surface area contributed by atoms with E-state index in [4.69, 9.17) is 0 Å². The number of thioether (sulfide) groups is 1. The largest absolute Gasteiger partial charge is 0.325 e. The van der Waals surface area contributed by atoms with Gasteiger partial charge in [0.15, 0.2) is 0 Å². The Hall–Kier alpha value is -1.53. The van der Waals surface area contributed by atoms with Gasteiger partial charge in [0.2, 0.25) is 5.91 Å². The number of halogens is 1. The molecule has 0 saturated carbocycles. The van der Waals surface area contributed by atoms with E-state index in [0.29, 0.717) is 0 Å². The predicted molar refractivity (Wildman–Crippen MR) is 115 cm³/mol. The number of amides is 1. The molecule has 1 saturated heterocycles. The van der Waals surface area contributed by atoms with Crippen LogP contribution in [0.3, 0.4) is 0 Å². The number of rotatable bonds is 3. The molecule has 2 aliphatic heterocycles. The molecule has 0 aromatic heterocycles. The fourth-order valence-corrected chi connectivity index (χ4v) is 5.03. The number of carbonyl (C=O) groups is 1. The van der Waals surface area contributed by atoms with Gasteiger partial charge in [-0.25, -0.2) is 0 Å². The summed E-state index contributed by atoms with van der Waals surface area (Å²) in [4.78, 5) is 19.1. The van der Waals surface area contributed by atoms with Crippen molar-refractivity contribution in [2.24, 2.45) is 5.92 Å². The van der Waals surface area contributed by atoms with Crippen LogP contribution < -0.4 is 5.32 Å². The van der Waals surface area contributed by atoms with Crippen molar-refractivity contribution in [2.75, 3.05) is 45.1 Å². The summed E-state index contributed by atoms with van der Waals surface area (Å²) in [6, 6.07) is 18.6. The zero-order valence-electron chi connectivity index (χ0n) is 15.5. The van der Waals surface area contributed by atoms with Crippen molar-refractivity contribution in [3.05, 3.63) is 60.2 Å². The average Bonchev–Trinajstić information content (AvgIpc) is 2.81. The molecular formula is C21H26ClN3OS. The van der Waals surface area contributed by atoms with Crippen molar-refractivity contribution in [3.8, 4) is 0 Å². The smallest absolute Gasteiger partial charge is 0.230 e. The van der Waals surface area contributed by atoms with Crippen molar-refractivity contribution < 1.29 is 4.79 Å². The normalized spacial score (nSPS) is 23.7. The lowest BCUT2D eigenvalue weighted by Crippen LogP contribution is -2.48. The lowest BCUT2D eigenvalue weighted by atomic mass is 9.96. The number of para-hydroxylation sites is 1. The standard InChI is InChI=1S/C21H25N3OS.ClH/c1-23-11-13-24(14-12-23)15-17-20(16-7-3-2-4-8-16)26-19-10-6-5-9-18(19)22-21(17)25;/h2-10,17,20H,11-15H2,1H3,(H,22,25);1H. The first-order chi connectivity index (χ1) is 12.7. The van der Waals surface area contributed by atoms with Crippen molar-refractivity contribution in [2.45, 2.75) is 10.1 Å². The maximum absolute atomic E-state index is 13.1. The average molecular weight is 404 g/mol. The van der Waals surface area contributed by atoms with E-state index < -0.39 is 0 Å². The van der Waals surface area contributed by atoms with Gasteiger partial charge >= 0.3 is 0 Å². The van der Waals surface area contributed by atoms with Crippen LogP contribution in [-0.2, 0) is 4.79 Å². The number of hydrogen-bond acceptors (Lipinski definition) is 4. The molecule has 27 heavy (non-hydrogen) atoms. The second-order valence-corrected chi connectivity index (χ2v) is 8.33. The Bertz CT molecular complexity index is 765. The number of nitrogens with one attached hydrogen (secondary N) is 1. The number of fused-ring (bicyclic) bond motifs is 1. The number of anilines is 1. The molecule has 2 heterocycles. The van der Waals surface area contributed by atoms with Crippen molar-refractivity contribution >= 4 is 35.8 Å². The van der Waals surface area contributed by atoms with Crippen LogP contribution >= 0.6 is 24.2 Å². The van der Waals surface area contributed by atoms with Crippen molar-refractivity contribution in [1.29, 1.82) is 0 Å². The molecule has 144 valence electrons. The lowest BCUT2D eigenvalue weighted by molar-refractivity contribution is -0.120. The van der Waals surface area contributed by atoms with Crippen molar-refractivity contribution in [3.63, 3.8) is 0 Å². The van der Waals surface area contributed by atoms with E-state index in [9.17, 15) is 4.79 Å². The summed E-state index contributed by atoms with van der Waals surface area (Å²) in [6.45, 7) is 4.99. The molecule has 2 aliphatic rings. The van der Waals surface area contributed by atoms with E-state index in [0.717, 1.165) is 43.3 Å². The third kappa shape index (κ3) is 4.66. The minimum absolute atomic E-state index is 0. The molecule has 0 spiro atoms. The van der Waals surface area contributed by atoms with Gasteiger partial charge in [0.25, 0.3) is 0 Å². The fourth-order valence-electron chi connectivity index (χ4n) is 3.68. The Labute approximate surface area is 171 Å². The number of hydrogen-bond donors (Lipinski definition) is 1. The van der Waals surface area contributed by atoms with Gasteiger partial charge < -0.3 is 10.2 Å². The summed E-state index contributed by atoms with van der Waals surface area (Å²) in [5, 5.41) is 3.30. The zero-order valence-corrected chi connectivity index (χ0v) is 17.1. The van der Waals surface area contributed by atoms with Crippen LogP contribution in [0.1, 0.15) is 10.8 Å². The fraction of sp³-hybridized carbons (Fsp3) is 0.381. The molecule has 2 unspecified atom stereocenters. The summed E-state index contributed by atoms with van der Waals surface area (Å²) in [5.74, 6) is 0.0634. The van der Waals surface area contributed by atoms with Gasteiger partial charge in [-0.15, -0.1) is 24.2 Å². The van der Waals surface area contributed by atoms with Gasteiger partial charge in [-0.05, 0) is 24.7 Å². The molecule has 2 atom stereocenters. The molecule has 4 nitrogen and oxygen atoms in total. The number of benzene rings is 2. The highest BCUT2D eigenvalue weighted by Gasteiger charge is 2.35. The summed E-state index contributed by atoms with van der Waals surface area (Å²) >= 11 is 1.81. The third-order valence-corrected chi connectivity index (χ3v) is 6.74. The molecule has 2 aromatic rings. The Morgan fingerprint density at radius 2 is 1.67 bits per heavy atom. The summed E-state index contributed by atoms with van der Waals surface area (Å²) in [7, 11) is 2.16. The number of piperazine rings is 1. The van der Waals surface area contributed by atoms with E-state index in [1.807, 2.05) is 36.0 Å². The molecule has 0 aliphatic carbocycles. The van der Waals surface area contributed by atoms with Crippen LogP contribution in [0.5, 0.6) is 0 Å². The highest BCUT2D eigenvalue weighted by atomic mass is 35.5. The first kappa shape index (κ1) is 20.2. The highest BCUT2D eigenvalue weighted by molar-refractivity contribution is 7.99. The van der Waals surface area contributed by atoms with E-state index in [-0.39, 0.29) is 29.5 Å².